The molecule has 2 aromatic rings. The molecule has 1 unspecified atom stereocenters. The van der Waals surface area contributed by atoms with Crippen LogP contribution in [-0.2, 0) is 9.59 Å². The van der Waals surface area contributed by atoms with Crippen molar-refractivity contribution in [2.75, 3.05) is 26.2 Å². The Hall–Kier alpha value is -2.64. The molecule has 6 nitrogen and oxygen atoms in total. The second-order valence-electron chi connectivity index (χ2n) is 8.18. The average Bonchev–Trinajstić information content (AvgIpc) is 3.29. The summed E-state index contributed by atoms with van der Waals surface area (Å²) in [4.78, 5) is 30.9. The van der Waals surface area contributed by atoms with Gasteiger partial charge < -0.3 is 19.6 Å². The van der Waals surface area contributed by atoms with Gasteiger partial charge >= 0.3 is 0 Å². The lowest BCUT2D eigenvalue weighted by molar-refractivity contribution is -0.140. The van der Waals surface area contributed by atoms with Gasteiger partial charge in [-0.15, -0.1) is 11.3 Å². The number of Topliss-reactive ketones (excluding diaryl/α,β-unsaturated/α-hetero) is 1. The first-order valence-corrected chi connectivity index (χ1v) is 12.0. The minimum Gasteiger partial charge on any atom is -0.507 e. The minimum atomic E-state index is -0.637. The largest absolute Gasteiger partial charge is 0.507 e. The lowest BCUT2D eigenvalue weighted by Gasteiger charge is -2.27. The number of carbonyl (C=O) groups excluding carboxylic acids is 2. The zero-order valence-corrected chi connectivity index (χ0v) is 20.2. The van der Waals surface area contributed by atoms with Gasteiger partial charge in [-0.25, -0.2) is 0 Å². The second kappa shape index (κ2) is 10.3. The molecule has 0 spiro atoms. The molecular formula is C25H32N2O4S. The quantitative estimate of drug-likeness (QED) is 0.339. The molecular weight excluding hydrogens is 424 g/mol. The number of thiophene rings is 1. The summed E-state index contributed by atoms with van der Waals surface area (Å²) < 4.78 is 5.67. The van der Waals surface area contributed by atoms with Gasteiger partial charge in [-0.2, -0.15) is 0 Å². The van der Waals surface area contributed by atoms with Gasteiger partial charge in [-0.05, 0) is 75.1 Å². The fourth-order valence-electron chi connectivity index (χ4n) is 3.96. The molecule has 2 heterocycles. The molecule has 1 aromatic carbocycles. The molecule has 1 fully saturated rings. The van der Waals surface area contributed by atoms with Crippen molar-refractivity contribution in [2.24, 2.45) is 0 Å². The molecule has 1 saturated heterocycles. The van der Waals surface area contributed by atoms with Crippen LogP contribution in [0.3, 0.4) is 0 Å². The number of aliphatic hydroxyl groups excluding tert-OH is 1. The van der Waals surface area contributed by atoms with Gasteiger partial charge in [-0.3, -0.25) is 9.59 Å². The molecule has 0 aliphatic carbocycles. The summed E-state index contributed by atoms with van der Waals surface area (Å²) in [5.41, 5.74) is 1.64. The zero-order chi connectivity index (χ0) is 23.4. The number of ether oxygens (including phenoxy) is 1. The maximum Gasteiger partial charge on any atom is 0.295 e. The number of likely N-dealkylation sites (N-methyl/N-ethyl adjacent to an activating group) is 1. The maximum absolute atomic E-state index is 13.1. The number of amides is 1. The predicted molar refractivity (Wildman–Crippen MR) is 128 cm³/mol. The molecule has 172 valence electrons. The highest BCUT2D eigenvalue weighted by molar-refractivity contribution is 7.10. The maximum atomic E-state index is 13.1. The summed E-state index contributed by atoms with van der Waals surface area (Å²) in [5, 5.41) is 13.1. The van der Waals surface area contributed by atoms with Crippen molar-refractivity contribution < 1.29 is 19.4 Å². The van der Waals surface area contributed by atoms with Gasteiger partial charge in [0.25, 0.3) is 11.7 Å². The number of nitrogens with zero attached hydrogens (tertiary/aromatic N) is 2. The van der Waals surface area contributed by atoms with Crippen LogP contribution in [0.15, 0.2) is 41.3 Å². The Kier molecular flexibility index (Phi) is 7.74. The lowest BCUT2D eigenvalue weighted by Crippen LogP contribution is -2.37. The molecule has 1 N–H and O–H groups in total. The second-order valence-corrected chi connectivity index (χ2v) is 9.13. The fraction of sp³-hybridized carbons (Fsp3) is 0.440. The number of carbonyl (C=O) groups is 2. The third-order valence-electron chi connectivity index (χ3n) is 5.74. The summed E-state index contributed by atoms with van der Waals surface area (Å²) >= 11 is 1.50. The van der Waals surface area contributed by atoms with E-state index in [1.54, 1.807) is 29.2 Å². The number of aliphatic hydroxyl groups is 1. The standard InChI is InChI=1S/C25H32N2O4S/c1-6-26(7-2)13-14-27-21(24-17(5)12-15-32-24)20(23(29)25(27)30)22(28)18-8-10-19(11-9-18)31-16(3)4/h8-12,15-16,21,28H,6-7,13-14H2,1-5H3/b22-20-. The predicted octanol–water partition coefficient (Wildman–Crippen LogP) is 4.61. The third-order valence-corrected chi connectivity index (χ3v) is 6.81. The Morgan fingerprint density at radius 1 is 1.16 bits per heavy atom. The molecule has 1 aliphatic rings. The van der Waals surface area contributed by atoms with Crippen molar-refractivity contribution in [3.63, 3.8) is 0 Å². The van der Waals surface area contributed by atoms with E-state index in [4.69, 9.17) is 4.74 Å². The molecule has 7 heteroatoms. The van der Waals surface area contributed by atoms with E-state index in [-0.39, 0.29) is 17.4 Å². The summed E-state index contributed by atoms with van der Waals surface area (Å²) in [6.45, 7) is 12.8. The summed E-state index contributed by atoms with van der Waals surface area (Å²) in [6.07, 6.45) is 0.0346. The lowest BCUT2D eigenvalue weighted by atomic mass is 9.98. The number of likely N-dealkylation sites (tertiary alicyclic amines) is 1. The Labute approximate surface area is 194 Å². The van der Waals surface area contributed by atoms with Crippen LogP contribution in [-0.4, -0.2) is 58.9 Å². The fourth-order valence-corrected chi connectivity index (χ4v) is 5.00. The number of benzene rings is 1. The van der Waals surface area contributed by atoms with Gasteiger partial charge in [0.05, 0.1) is 17.7 Å². The Bertz CT molecular complexity index is 990. The van der Waals surface area contributed by atoms with Crippen LogP contribution < -0.4 is 4.74 Å². The molecule has 32 heavy (non-hydrogen) atoms. The number of hydrogen-bond donors (Lipinski definition) is 1. The molecule has 3 rings (SSSR count). The van der Waals surface area contributed by atoms with Crippen molar-refractivity contribution >= 4 is 28.8 Å². The Morgan fingerprint density at radius 3 is 2.34 bits per heavy atom. The van der Waals surface area contributed by atoms with Crippen molar-refractivity contribution in [3.05, 3.63) is 57.3 Å². The van der Waals surface area contributed by atoms with Gasteiger partial charge in [0.1, 0.15) is 11.5 Å². The summed E-state index contributed by atoms with van der Waals surface area (Å²) in [5.74, 6) is -0.664. The Balaban J connectivity index is 2.03. The smallest absolute Gasteiger partial charge is 0.295 e. The SMILES string of the molecule is CCN(CC)CCN1C(=O)C(=O)/C(=C(\O)c2ccc(OC(C)C)cc2)C1c1sccc1C. The van der Waals surface area contributed by atoms with E-state index in [1.807, 2.05) is 32.2 Å². The average molecular weight is 457 g/mol. The van der Waals surface area contributed by atoms with Gasteiger partial charge in [0.2, 0.25) is 0 Å². The summed E-state index contributed by atoms with van der Waals surface area (Å²) in [6, 6.07) is 8.34. The van der Waals surface area contributed by atoms with E-state index in [0.29, 0.717) is 24.4 Å². The van der Waals surface area contributed by atoms with Crippen LogP contribution in [0.2, 0.25) is 0 Å². The van der Waals surface area contributed by atoms with E-state index in [0.717, 1.165) is 23.5 Å². The van der Waals surface area contributed by atoms with E-state index in [2.05, 4.69) is 18.7 Å². The Morgan fingerprint density at radius 2 is 1.81 bits per heavy atom. The van der Waals surface area contributed by atoms with Gasteiger partial charge in [0.15, 0.2) is 0 Å². The molecule has 0 radical (unpaired) electrons. The van der Waals surface area contributed by atoms with Crippen molar-refractivity contribution in [1.82, 2.24) is 9.80 Å². The third kappa shape index (κ3) is 4.89. The molecule has 1 aliphatic heterocycles. The highest BCUT2D eigenvalue weighted by Crippen LogP contribution is 2.42. The normalized spacial score (nSPS) is 18.2. The first kappa shape index (κ1) is 24.0. The molecule has 1 aromatic heterocycles. The number of rotatable bonds is 9. The zero-order valence-electron chi connectivity index (χ0n) is 19.4. The van der Waals surface area contributed by atoms with E-state index in [9.17, 15) is 14.7 Å². The number of hydrogen-bond acceptors (Lipinski definition) is 6. The first-order chi connectivity index (χ1) is 15.3. The molecule has 1 atom stereocenters. The van der Waals surface area contributed by atoms with E-state index >= 15 is 0 Å². The minimum absolute atomic E-state index is 0.0346. The summed E-state index contributed by atoms with van der Waals surface area (Å²) in [7, 11) is 0. The first-order valence-electron chi connectivity index (χ1n) is 11.1. The van der Waals surface area contributed by atoms with Crippen LogP contribution in [0, 0.1) is 6.92 Å². The van der Waals surface area contributed by atoms with Crippen LogP contribution in [0.4, 0.5) is 0 Å². The number of ketones is 1. The van der Waals surface area contributed by atoms with Crippen molar-refractivity contribution in [2.45, 2.75) is 46.8 Å². The van der Waals surface area contributed by atoms with Crippen LogP contribution in [0.1, 0.15) is 49.7 Å². The van der Waals surface area contributed by atoms with E-state index < -0.39 is 17.7 Å². The molecule has 1 amide bonds. The topological polar surface area (TPSA) is 70.1 Å². The molecule has 0 saturated carbocycles. The molecule has 0 bridgehead atoms. The van der Waals surface area contributed by atoms with Gasteiger partial charge in [-0.1, -0.05) is 13.8 Å². The van der Waals surface area contributed by atoms with Crippen LogP contribution >= 0.6 is 11.3 Å². The van der Waals surface area contributed by atoms with Crippen LogP contribution in [0.25, 0.3) is 5.76 Å². The van der Waals surface area contributed by atoms with Gasteiger partial charge in [0, 0.05) is 23.5 Å². The van der Waals surface area contributed by atoms with Crippen molar-refractivity contribution in [1.29, 1.82) is 0 Å². The van der Waals surface area contributed by atoms with Crippen molar-refractivity contribution in [3.8, 4) is 5.75 Å². The number of aryl methyl sites for hydroxylation is 1. The van der Waals surface area contributed by atoms with Crippen LogP contribution in [0.5, 0.6) is 5.75 Å². The highest BCUT2D eigenvalue weighted by atomic mass is 32.1. The van der Waals surface area contributed by atoms with E-state index in [1.165, 1.54) is 11.3 Å². The monoisotopic (exact) mass is 456 g/mol. The highest BCUT2D eigenvalue weighted by Gasteiger charge is 2.46.